The van der Waals surface area contributed by atoms with Gasteiger partial charge < -0.3 is 4.52 Å². The largest absolute Gasteiger partial charge is 0.356 e. The third kappa shape index (κ3) is 0.888. The Kier molecular flexibility index (Phi) is 1.35. The lowest BCUT2D eigenvalue weighted by molar-refractivity contribution is 0.410. The topological polar surface area (TPSA) is 26.0 Å². The molecule has 0 bridgehead atoms. The Balaban J connectivity index is 2.76. The zero-order valence-corrected chi connectivity index (χ0v) is 5.75. The molecule has 1 aromatic heterocycles. The molecule has 2 rings (SSSR count). The molecular weight excluding hydrogens is 145 g/mol. The molecule has 0 aliphatic heterocycles. The molecule has 1 heterocycles. The Bertz CT molecular complexity index is 369. The highest BCUT2D eigenvalue weighted by Gasteiger charge is 2.04. The van der Waals surface area contributed by atoms with Crippen LogP contribution in [-0.2, 0) is 6.67 Å². The van der Waals surface area contributed by atoms with Gasteiger partial charge in [-0.25, -0.2) is 4.39 Å². The highest BCUT2D eigenvalue weighted by molar-refractivity contribution is 5.78. The van der Waals surface area contributed by atoms with Crippen molar-refractivity contribution in [3.05, 3.63) is 30.0 Å². The quantitative estimate of drug-likeness (QED) is 0.625. The highest BCUT2D eigenvalue weighted by Crippen LogP contribution is 2.17. The fourth-order valence-corrected chi connectivity index (χ4v) is 1.03. The van der Waals surface area contributed by atoms with E-state index in [0.29, 0.717) is 11.3 Å². The van der Waals surface area contributed by atoms with Crippen LogP contribution in [0, 0.1) is 0 Å². The Morgan fingerprint density at radius 3 is 3.00 bits per heavy atom. The number of para-hydroxylation sites is 1. The van der Waals surface area contributed by atoms with Crippen LogP contribution in [0.5, 0.6) is 0 Å². The van der Waals surface area contributed by atoms with Crippen molar-refractivity contribution in [2.24, 2.45) is 0 Å². The van der Waals surface area contributed by atoms with Gasteiger partial charge in [-0.05, 0) is 12.1 Å². The Morgan fingerprint density at radius 2 is 2.18 bits per heavy atom. The highest BCUT2D eigenvalue weighted by atomic mass is 19.1. The van der Waals surface area contributed by atoms with Gasteiger partial charge in [0.1, 0.15) is 12.4 Å². The molecule has 2 nitrogen and oxygen atoms in total. The first-order chi connectivity index (χ1) is 5.42. The second kappa shape index (κ2) is 2.34. The smallest absolute Gasteiger partial charge is 0.167 e. The molecule has 11 heavy (non-hydrogen) atoms. The molecule has 0 spiro atoms. The molecule has 0 N–H and O–H groups in total. The van der Waals surface area contributed by atoms with E-state index >= 15 is 0 Å². The van der Waals surface area contributed by atoms with Gasteiger partial charge in [-0.15, -0.1) is 0 Å². The minimum absolute atomic E-state index is 0.376. The van der Waals surface area contributed by atoms with E-state index in [1.54, 1.807) is 12.1 Å². The van der Waals surface area contributed by atoms with Crippen LogP contribution in [0.1, 0.15) is 5.69 Å². The van der Waals surface area contributed by atoms with Gasteiger partial charge in [0.25, 0.3) is 0 Å². The predicted molar refractivity (Wildman–Crippen MR) is 38.8 cm³/mol. The first kappa shape index (κ1) is 6.34. The molecule has 0 unspecified atom stereocenters. The lowest BCUT2D eigenvalue weighted by Crippen LogP contribution is -1.75. The van der Waals surface area contributed by atoms with Gasteiger partial charge in [-0.1, -0.05) is 17.3 Å². The van der Waals surface area contributed by atoms with Gasteiger partial charge in [0, 0.05) is 5.39 Å². The summed E-state index contributed by atoms with van der Waals surface area (Å²) < 4.78 is 17.0. The van der Waals surface area contributed by atoms with E-state index in [4.69, 9.17) is 4.52 Å². The van der Waals surface area contributed by atoms with Crippen LogP contribution in [0.4, 0.5) is 4.39 Å². The first-order valence-electron chi connectivity index (χ1n) is 3.31. The average molecular weight is 151 g/mol. The summed E-state index contributed by atoms with van der Waals surface area (Å²) in [5, 5.41) is 4.32. The zero-order valence-electron chi connectivity index (χ0n) is 5.75. The predicted octanol–water partition coefficient (Wildman–Crippen LogP) is 2.30. The molecule has 0 aliphatic carbocycles. The van der Waals surface area contributed by atoms with Crippen LogP contribution in [0.3, 0.4) is 0 Å². The van der Waals surface area contributed by atoms with Crippen molar-refractivity contribution >= 4 is 11.0 Å². The third-order valence-electron chi connectivity index (χ3n) is 1.58. The summed E-state index contributed by atoms with van der Waals surface area (Å²) in [6.07, 6.45) is 0. The minimum Gasteiger partial charge on any atom is -0.356 e. The Morgan fingerprint density at radius 1 is 1.36 bits per heavy atom. The van der Waals surface area contributed by atoms with Crippen LogP contribution in [0.15, 0.2) is 28.8 Å². The van der Waals surface area contributed by atoms with Crippen molar-refractivity contribution in [2.45, 2.75) is 6.67 Å². The van der Waals surface area contributed by atoms with Crippen LogP contribution in [0.2, 0.25) is 0 Å². The lowest BCUT2D eigenvalue weighted by atomic mass is 10.2. The SMILES string of the molecule is FCc1noc2ccccc12. The molecule has 3 heteroatoms. The summed E-state index contributed by atoms with van der Waals surface area (Å²) in [7, 11) is 0. The summed E-state index contributed by atoms with van der Waals surface area (Å²) in [6.45, 7) is -0.572. The van der Waals surface area contributed by atoms with Crippen molar-refractivity contribution in [3.8, 4) is 0 Å². The number of nitrogens with zero attached hydrogens (tertiary/aromatic N) is 1. The molecule has 0 atom stereocenters. The van der Waals surface area contributed by atoms with Crippen LogP contribution in [-0.4, -0.2) is 5.16 Å². The van der Waals surface area contributed by atoms with Gasteiger partial charge in [0.15, 0.2) is 5.58 Å². The van der Waals surface area contributed by atoms with E-state index in [9.17, 15) is 4.39 Å². The van der Waals surface area contributed by atoms with Gasteiger partial charge in [0.2, 0.25) is 0 Å². The van der Waals surface area contributed by atoms with E-state index in [0.717, 1.165) is 5.39 Å². The molecule has 0 saturated carbocycles. The van der Waals surface area contributed by atoms with E-state index in [-0.39, 0.29) is 0 Å². The van der Waals surface area contributed by atoms with Crippen LogP contribution < -0.4 is 0 Å². The third-order valence-corrected chi connectivity index (χ3v) is 1.58. The number of hydrogen-bond donors (Lipinski definition) is 0. The number of halogens is 1. The maximum absolute atomic E-state index is 12.2. The number of rotatable bonds is 1. The van der Waals surface area contributed by atoms with E-state index in [1.807, 2.05) is 12.1 Å². The number of alkyl halides is 1. The summed E-state index contributed by atoms with van der Waals surface area (Å²) in [5.74, 6) is 0. The van der Waals surface area contributed by atoms with E-state index in [1.165, 1.54) is 0 Å². The monoisotopic (exact) mass is 151 g/mol. The summed E-state index contributed by atoms with van der Waals surface area (Å²) >= 11 is 0. The maximum Gasteiger partial charge on any atom is 0.167 e. The normalized spacial score (nSPS) is 10.6. The van der Waals surface area contributed by atoms with Gasteiger partial charge >= 0.3 is 0 Å². The number of benzene rings is 1. The Hall–Kier alpha value is -1.38. The van der Waals surface area contributed by atoms with Crippen molar-refractivity contribution < 1.29 is 8.91 Å². The van der Waals surface area contributed by atoms with Crippen LogP contribution >= 0.6 is 0 Å². The van der Waals surface area contributed by atoms with Gasteiger partial charge in [0.05, 0.1) is 0 Å². The van der Waals surface area contributed by atoms with Gasteiger partial charge in [-0.3, -0.25) is 0 Å². The fraction of sp³-hybridized carbons (Fsp3) is 0.125. The first-order valence-corrected chi connectivity index (χ1v) is 3.31. The van der Waals surface area contributed by atoms with Crippen LogP contribution in [0.25, 0.3) is 11.0 Å². The van der Waals surface area contributed by atoms with Gasteiger partial charge in [-0.2, -0.15) is 0 Å². The second-order valence-corrected chi connectivity index (χ2v) is 2.26. The Labute approximate surface area is 62.6 Å². The fourth-order valence-electron chi connectivity index (χ4n) is 1.03. The van der Waals surface area contributed by atoms with E-state index < -0.39 is 6.67 Å². The average Bonchev–Trinajstić information content (AvgIpc) is 2.47. The molecule has 56 valence electrons. The molecular formula is C8H6FNO. The molecule has 0 fully saturated rings. The lowest BCUT2D eigenvalue weighted by Gasteiger charge is -1.84. The van der Waals surface area contributed by atoms with Crippen molar-refractivity contribution in [2.75, 3.05) is 0 Å². The number of fused-ring (bicyclic) bond motifs is 1. The van der Waals surface area contributed by atoms with Crippen molar-refractivity contribution in [3.63, 3.8) is 0 Å². The standard InChI is InChI=1S/C8H6FNO/c9-5-7-6-3-1-2-4-8(6)11-10-7/h1-4H,5H2. The summed E-state index contributed by atoms with van der Waals surface area (Å²) in [5.41, 5.74) is 1.01. The van der Waals surface area contributed by atoms with Crippen molar-refractivity contribution in [1.82, 2.24) is 5.16 Å². The minimum atomic E-state index is -0.572. The molecule has 0 amide bonds. The number of aromatic nitrogens is 1. The summed E-state index contributed by atoms with van der Waals surface area (Å²) in [4.78, 5) is 0. The number of hydrogen-bond acceptors (Lipinski definition) is 2. The molecule has 0 saturated heterocycles. The maximum atomic E-state index is 12.2. The molecule has 1 aromatic carbocycles. The van der Waals surface area contributed by atoms with E-state index in [2.05, 4.69) is 5.16 Å². The molecule has 0 aliphatic rings. The second-order valence-electron chi connectivity index (χ2n) is 2.26. The summed E-state index contributed by atoms with van der Waals surface area (Å²) in [6, 6.07) is 7.22. The van der Waals surface area contributed by atoms with Crippen molar-refractivity contribution in [1.29, 1.82) is 0 Å². The zero-order chi connectivity index (χ0) is 7.68. The molecule has 2 aromatic rings. The molecule has 0 radical (unpaired) electrons.